The standard InChI is InChI=1S/C19H21N5O4S3/c1-23-7-14(31-22-23)29-8-11-9-30-18-15(17(26)24(18)16(11)19(27)28)21-13(25)6-10-4-2-3-5-12(10)20/h2-5,7,15,18,22H,6,8-9,20H2,1H3,(H,21,25)(H,27,28)/t15?,18-/m1/s1. The number of hydrogen-bond donors (Lipinski definition) is 4. The van der Waals surface area contributed by atoms with Crippen molar-refractivity contribution in [2.75, 3.05) is 24.3 Å². The van der Waals surface area contributed by atoms with Crippen LogP contribution in [0, 0.1) is 0 Å². The first kappa shape index (κ1) is 21.9. The zero-order valence-electron chi connectivity index (χ0n) is 16.5. The summed E-state index contributed by atoms with van der Waals surface area (Å²) < 4.78 is 1.02. The van der Waals surface area contributed by atoms with Crippen LogP contribution in [0.1, 0.15) is 5.56 Å². The molecule has 9 nitrogen and oxygen atoms in total. The summed E-state index contributed by atoms with van der Waals surface area (Å²) in [6.07, 6.45) is 1.99. The Morgan fingerprint density at radius 2 is 2.16 bits per heavy atom. The first-order chi connectivity index (χ1) is 14.8. The van der Waals surface area contributed by atoms with Gasteiger partial charge < -0.3 is 21.2 Å². The van der Waals surface area contributed by atoms with E-state index < -0.39 is 23.3 Å². The van der Waals surface area contributed by atoms with Crippen LogP contribution in [0.25, 0.3) is 0 Å². The molecule has 0 saturated carbocycles. The average molecular weight is 480 g/mol. The molecule has 0 aliphatic carbocycles. The Labute approximate surface area is 191 Å². The van der Waals surface area contributed by atoms with Gasteiger partial charge in [0.05, 0.1) is 10.7 Å². The van der Waals surface area contributed by atoms with E-state index in [0.717, 1.165) is 4.24 Å². The number of carbonyl (C=O) groups is 3. The van der Waals surface area contributed by atoms with Gasteiger partial charge in [-0.15, -0.1) is 23.5 Å². The van der Waals surface area contributed by atoms with Crippen molar-refractivity contribution < 1.29 is 19.5 Å². The van der Waals surface area contributed by atoms with Crippen molar-refractivity contribution in [2.24, 2.45) is 0 Å². The van der Waals surface area contributed by atoms with E-state index in [1.807, 2.05) is 18.3 Å². The zero-order chi connectivity index (χ0) is 22.1. The number of hydrazine groups is 1. The van der Waals surface area contributed by atoms with Crippen LogP contribution in [0.3, 0.4) is 0 Å². The molecule has 0 bridgehead atoms. The molecule has 2 amide bonds. The minimum atomic E-state index is -1.13. The second-order valence-electron chi connectivity index (χ2n) is 7.13. The number of amides is 2. The van der Waals surface area contributed by atoms with Crippen molar-refractivity contribution >= 4 is 58.9 Å². The maximum absolute atomic E-state index is 12.8. The molecule has 3 heterocycles. The molecule has 5 N–H and O–H groups in total. The number of carboxylic acid groups (broad SMARTS) is 1. The maximum atomic E-state index is 12.8. The van der Waals surface area contributed by atoms with Crippen LogP contribution in [0.15, 0.2) is 46.0 Å². The summed E-state index contributed by atoms with van der Waals surface area (Å²) in [7, 11) is 1.88. The minimum Gasteiger partial charge on any atom is -0.477 e. The molecule has 4 rings (SSSR count). The monoisotopic (exact) mass is 479 g/mol. The molecule has 1 aromatic carbocycles. The Morgan fingerprint density at radius 1 is 1.39 bits per heavy atom. The topological polar surface area (TPSA) is 128 Å². The van der Waals surface area contributed by atoms with Crippen molar-refractivity contribution in [1.82, 2.24) is 20.1 Å². The molecule has 0 aromatic heterocycles. The minimum absolute atomic E-state index is 0.0314. The molecular formula is C19H21N5O4S3. The number of anilines is 1. The molecule has 1 fully saturated rings. The highest BCUT2D eigenvalue weighted by atomic mass is 32.2. The number of carboxylic acids is 1. The van der Waals surface area contributed by atoms with Gasteiger partial charge in [0.1, 0.15) is 17.1 Å². The predicted octanol–water partition coefficient (Wildman–Crippen LogP) is 1.18. The summed E-state index contributed by atoms with van der Waals surface area (Å²) in [5.74, 6) is -0.881. The van der Waals surface area contributed by atoms with Gasteiger partial charge in [-0.1, -0.05) is 18.2 Å². The molecule has 1 aromatic rings. The van der Waals surface area contributed by atoms with E-state index in [4.69, 9.17) is 5.73 Å². The van der Waals surface area contributed by atoms with Crippen molar-refractivity contribution in [3.05, 3.63) is 51.5 Å². The van der Waals surface area contributed by atoms with Crippen molar-refractivity contribution in [3.8, 4) is 0 Å². The van der Waals surface area contributed by atoms with Gasteiger partial charge in [0, 0.05) is 30.4 Å². The molecule has 0 radical (unpaired) electrons. The molecule has 1 saturated heterocycles. The van der Waals surface area contributed by atoms with Gasteiger partial charge in [-0.2, -0.15) is 4.83 Å². The molecule has 3 aliphatic heterocycles. The number of nitrogens with one attached hydrogen (secondary N) is 2. The number of nitrogens with zero attached hydrogens (tertiary/aromatic N) is 2. The molecular weight excluding hydrogens is 458 g/mol. The number of hydrogen-bond acceptors (Lipinski definition) is 9. The van der Waals surface area contributed by atoms with Gasteiger partial charge >= 0.3 is 5.97 Å². The second-order valence-corrected chi connectivity index (χ2v) is 10.3. The van der Waals surface area contributed by atoms with Crippen molar-refractivity contribution in [3.63, 3.8) is 0 Å². The van der Waals surface area contributed by atoms with Crippen LogP contribution in [0.2, 0.25) is 0 Å². The van der Waals surface area contributed by atoms with Crippen LogP contribution in [-0.2, 0) is 20.8 Å². The Hall–Kier alpha value is -2.28. The Morgan fingerprint density at radius 3 is 2.84 bits per heavy atom. The number of rotatable bonds is 7. The number of fused-ring (bicyclic) bond motifs is 1. The number of nitrogens with two attached hydrogens (primary N) is 1. The van der Waals surface area contributed by atoms with Crippen LogP contribution in [0.5, 0.6) is 0 Å². The third kappa shape index (κ3) is 4.52. The number of carbonyl (C=O) groups excluding carboxylic acids is 2. The molecule has 2 atom stereocenters. The highest BCUT2D eigenvalue weighted by Gasteiger charge is 2.54. The fourth-order valence-electron chi connectivity index (χ4n) is 3.44. The lowest BCUT2D eigenvalue weighted by Crippen LogP contribution is -2.70. The van der Waals surface area contributed by atoms with Crippen LogP contribution >= 0.6 is 35.5 Å². The summed E-state index contributed by atoms with van der Waals surface area (Å²) in [6, 6.07) is 6.32. The van der Waals surface area contributed by atoms with Crippen LogP contribution in [-0.4, -0.2) is 62.8 Å². The van der Waals surface area contributed by atoms with Gasteiger partial charge in [0.15, 0.2) is 0 Å². The third-order valence-electron chi connectivity index (χ3n) is 4.95. The van der Waals surface area contributed by atoms with Crippen LogP contribution < -0.4 is 15.9 Å². The highest BCUT2D eigenvalue weighted by Crippen LogP contribution is 2.42. The fourth-order valence-corrected chi connectivity index (χ4v) is 6.72. The number of thioether (sulfide) groups is 2. The van der Waals surface area contributed by atoms with E-state index >= 15 is 0 Å². The van der Waals surface area contributed by atoms with Crippen molar-refractivity contribution in [1.29, 1.82) is 0 Å². The normalized spacial score (nSPS) is 22.7. The molecule has 0 spiro atoms. The Bertz CT molecular complexity index is 999. The SMILES string of the molecule is CN1C=C(SCC2=C(C(=O)O)N3C(=O)C(NC(=O)Cc4ccccc4N)[C@H]3SC2)SN1. The average Bonchev–Trinajstić information content (AvgIpc) is 3.16. The van der Waals surface area contributed by atoms with Gasteiger partial charge in [0.25, 0.3) is 5.91 Å². The first-order valence-electron chi connectivity index (χ1n) is 9.38. The smallest absolute Gasteiger partial charge is 0.352 e. The van der Waals surface area contributed by atoms with Gasteiger partial charge in [0.2, 0.25) is 5.91 Å². The van der Waals surface area contributed by atoms with Gasteiger partial charge in [-0.3, -0.25) is 14.5 Å². The Kier molecular flexibility index (Phi) is 6.42. The summed E-state index contributed by atoms with van der Waals surface area (Å²) in [6.45, 7) is 0. The summed E-state index contributed by atoms with van der Waals surface area (Å²) in [5.41, 5.74) is 7.81. The molecule has 12 heteroatoms. The van der Waals surface area contributed by atoms with Crippen LogP contribution in [0.4, 0.5) is 5.69 Å². The lowest BCUT2D eigenvalue weighted by molar-refractivity contribution is -0.150. The summed E-state index contributed by atoms with van der Waals surface area (Å²) in [5, 5.41) is 13.9. The summed E-state index contributed by atoms with van der Waals surface area (Å²) >= 11 is 4.45. The lowest BCUT2D eigenvalue weighted by atomic mass is 10.0. The highest BCUT2D eigenvalue weighted by molar-refractivity contribution is 8.21. The number of para-hydroxylation sites is 1. The summed E-state index contributed by atoms with van der Waals surface area (Å²) in [4.78, 5) is 41.5. The second kappa shape index (κ2) is 9.07. The quantitative estimate of drug-likeness (QED) is 0.257. The molecule has 3 aliphatic rings. The van der Waals surface area contributed by atoms with Gasteiger partial charge in [-0.25, -0.2) is 4.79 Å². The number of benzene rings is 1. The van der Waals surface area contributed by atoms with E-state index in [-0.39, 0.29) is 18.0 Å². The zero-order valence-corrected chi connectivity index (χ0v) is 19.0. The van der Waals surface area contributed by atoms with E-state index in [2.05, 4.69) is 10.1 Å². The lowest BCUT2D eigenvalue weighted by Gasteiger charge is -2.49. The number of aliphatic carboxylic acids is 1. The molecule has 31 heavy (non-hydrogen) atoms. The van der Waals surface area contributed by atoms with Gasteiger partial charge in [-0.05, 0) is 29.2 Å². The third-order valence-corrected chi connectivity index (χ3v) is 8.46. The Balaban J connectivity index is 1.42. The van der Waals surface area contributed by atoms with E-state index in [0.29, 0.717) is 28.3 Å². The van der Waals surface area contributed by atoms with E-state index in [9.17, 15) is 19.5 Å². The fraction of sp³-hybridized carbons (Fsp3) is 0.316. The number of β-lactam (4-membered cyclic amide) rings is 1. The first-order valence-corrected chi connectivity index (χ1v) is 12.2. The molecule has 1 unspecified atom stereocenters. The number of nitrogen functional groups attached to an aromatic ring is 1. The predicted molar refractivity (Wildman–Crippen MR) is 123 cm³/mol. The van der Waals surface area contributed by atoms with E-state index in [1.54, 1.807) is 24.3 Å². The van der Waals surface area contributed by atoms with E-state index in [1.165, 1.54) is 40.4 Å². The molecule has 164 valence electrons. The van der Waals surface area contributed by atoms with Crippen molar-refractivity contribution in [2.45, 2.75) is 17.8 Å². The largest absolute Gasteiger partial charge is 0.477 e. The maximum Gasteiger partial charge on any atom is 0.352 e.